The Labute approximate surface area is 141 Å². The average molecular weight is 330 g/mol. The smallest absolute Gasteiger partial charge is 0.279 e. The Morgan fingerprint density at radius 1 is 1.08 bits per heavy atom. The molecule has 2 rings (SSSR count). The van der Waals surface area contributed by atoms with Gasteiger partial charge in [0.25, 0.3) is 11.8 Å². The standard InChI is InChI=1S/C18H23N3O3/c1-13-6-4-8-16(14(13)2)20-18(23)12-21(3)11-17(22)19-10-15-7-5-9-24-15/h4-9H,10-12H2,1-3H3,(H,19,22)(H,20,23)/p+1. The number of rotatable bonds is 7. The van der Waals surface area contributed by atoms with E-state index in [0.717, 1.165) is 21.7 Å². The maximum Gasteiger partial charge on any atom is 0.279 e. The zero-order valence-corrected chi connectivity index (χ0v) is 14.3. The predicted octanol–water partition coefficient (Wildman–Crippen LogP) is 0.666. The third-order valence-electron chi connectivity index (χ3n) is 3.84. The Hall–Kier alpha value is -2.60. The Morgan fingerprint density at radius 2 is 1.83 bits per heavy atom. The molecular weight excluding hydrogens is 306 g/mol. The van der Waals surface area contributed by atoms with E-state index in [1.54, 1.807) is 18.4 Å². The molecule has 128 valence electrons. The number of furan rings is 1. The number of anilines is 1. The minimum absolute atomic E-state index is 0.111. The third-order valence-corrected chi connectivity index (χ3v) is 3.84. The second-order valence-corrected chi connectivity index (χ2v) is 5.96. The van der Waals surface area contributed by atoms with Crippen LogP contribution in [0.1, 0.15) is 16.9 Å². The number of nitrogens with one attached hydrogen (secondary N) is 3. The SMILES string of the molecule is Cc1cccc(NC(=O)C[NH+](C)CC(=O)NCc2ccco2)c1C. The van der Waals surface area contributed by atoms with Gasteiger partial charge in [0.15, 0.2) is 13.1 Å². The highest BCUT2D eigenvalue weighted by Gasteiger charge is 2.15. The Morgan fingerprint density at radius 3 is 2.54 bits per heavy atom. The highest BCUT2D eigenvalue weighted by Crippen LogP contribution is 2.17. The summed E-state index contributed by atoms with van der Waals surface area (Å²) < 4.78 is 5.15. The van der Waals surface area contributed by atoms with Crippen molar-refractivity contribution in [1.82, 2.24) is 5.32 Å². The van der Waals surface area contributed by atoms with Crippen molar-refractivity contribution < 1.29 is 18.9 Å². The molecule has 0 saturated carbocycles. The Balaban J connectivity index is 1.76. The van der Waals surface area contributed by atoms with Gasteiger partial charge in [0.05, 0.1) is 19.9 Å². The van der Waals surface area contributed by atoms with Gasteiger partial charge in [-0.3, -0.25) is 9.59 Å². The molecular formula is C18H24N3O3+. The summed E-state index contributed by atoms with van der Waals surface area (Å²) in [6, 6.07) is 9.37. The number of carbonyl (C=O) groups excluding carboxylic acids is 2. The van der Waals surface area contributed by atoms with Crippen molar-refractivity contribution in [3.8, 4) is 0 Å². The second kappa shape index (κ2) is 8.31. The molecule has 0 aliphatic heterocycles. The van der Waals surface area contributed by atoms with Crippen molar-refractivity contribution in [2.75, 3.05) is 25.5 Å². The summed E-state index contributed by atoms with van der Waals surface area (Å²) in [6.45, 7) is 4.78. The summed E-state index contributed by atoms with van der Waals surface area (Å²) in [5, 5.41) is 5.67. The van der Waals surface area contributed by atoms with E-state index in [2.05, 4.69) is 10.6 Å². The highest BCUT2D eigenvalue weighted by atomic mass is 16.3. The number of quaternary nitrogens is 1. The first-order valence-corrected chi connectivity index (χ1v) is 7.92. The van der Waals surface area contributed by atoms with Gasteiger partial charge in [-0.05, 0) is 43.2 Å². The van der Waals surface area contributed by atoms with Gasteiger partial charge in [-0.1, -0.05) is 12.1 Å². The van der Waals surface area contributed by atoms with Gasteiger partial charge in [-0.2, -0.15) is 0 Å². The number of benzene rings is 1. The van der Waals surface area contributed by atoms with E-state index in [9.17, 15) is 9.59 Å². The third kappa shape index (κ3) is 5.24. The number of aryl methyl sites for hydroxylation is 1. The summed E-state index contributed by atoms with van der Waals surface area (Å²) in [7, 11) is 1.81. The molecule has 24 heavy (non-hydrogen) atoms. The lowest BCUT2D eigenvalue weighted by Gasteiger charge is -2.15. The van der Waals surface area contributed by atoms with Crippen LogP contribution in [0.5, 0.6) is 0 Å². The fourth-order valence-corrected chi connectivity index (χ4v) is 2.35. The second-order valence-electron chi connectivity index (χ2n) is 5.96. The molecule has 0 bridgehead atoms. The van der Waals surface area contributed by atoms with Gasteiger partial charge in [0.1, 0.15) is 5.76 Å². The van der Waals surface area contributed by atoms with Gasteiger partial charge in [-0.25, -0.2) is 0 Å². The van der Waals surface area contributed by atoms with Gasteiger partial charge < -0.3 is 20.0 Å². The molecule has 2 amide bonds. The lowest BCUT2D eigenvalue weighted by molar-refractivity contribution is -0.862. The van der Waals surface area contributed by atoms with Crippen LogP contribution in [-0.4, -0.2) is 32.0 Å². The molecule has 6 heteroatoms. The van der Waals surface area contributed by atoms with Crippen LogP contribution in [-0.2, 0) is 16.1 Å². The zero-order chi connectivity index (χ0) is 17.5. The van der Waals surface area contributed by atoms with E-state index >= 15 is 0 Å². The molecule has 0 fully saturated rings. The Bertz CT molecular complexity index is 696. The van der Waals surface area contributed by atoms with Gasteiger partial charge in [0.2, 0.25) is 0 Å². The summed E-state index contributed by atoms with van der Waals surface area (Å²) in [5.74, 6) is 0.470. The van der Waals surface area contributed by atoms with Crippen molar-refractivity contribution in [1.29, 1.82) is 0 Å². The molecule has 1 atom stereocenters. The Kier molecular flexibility index (Phi) is 6.14. The molecule has 1 unspecified atom stereocenters. The normalized spacial score (nSPS) is 11.8. The molecule has 0 aliphatic carbocycles. The van der Waals surface area contributed by atoms with Gasteiger partial charge in [-0.15, -0.1) is 0 Å². The first-order valence-electron chi connectivity index (χ1n) is 7.92. The van der Waals surface area contributed by atoms with Crippen LogP contribution in [0.2, 0.25) is 0 Å². The maximum atomic E-state index is 12.1. The van der Waals surface area contributed by atoms with Crippen molar-refractivity contribution >= 4 is 17.5 Å². The minimum Gasteiger partial charge on any atom is -0.467 e. The molecule has 1 aromatic carbocycles. The van der Waals surface area contributed by atoms with Gasteiger partial charge >= 0.3 is 0 Å². The van der Waals surface area contributed by atoms with Crippen molar-refractivity contribution in [2.24, 2.45) is 0 Å². The van der Waals surface area contributed by atoms with Crippen molar-refractivity contribution in [3.05, 3.63) is 53.5 Å². The van der Waals surface area contributed by atoms with E-state index in [0.29, 0.717) is 12.3 Å². The first kappa shape index (κ1) is 17.7. The highest BCUT2D eigenvalue weighted by molar-refractivity contribution is 5.92. The summed E-state index contributed by atoms with van der Waals surface area (Å²) in [5.41, 5.74) is 3.00. The molecule has 0 spiro atoms. The monoisotopic (exact) mass is 330 g/mol. The van der Waals surface area contributed by atoms with E-state index in [4.69, 9.17) is 4.42 Å². The molecule has 1 aromatic heterocycles. The fraction of sp³-hybridized carbons (Fsp3) is 0.333. The summed E-state index contributed by atoms with van der Waals surface area (Å²) >= 11 is 0. The lowest BCUT2D eigenvalue weighted by Crippen LogP contribution is -3.11. The number of hydrogen-bond acceptors (Lipinski definition) is 3. The van der Waals surface area contributed by atoms with Crippen LogP contribution in [0.25, 0.3) is 0 Å². The van der Waals surface area contributed by atoms with Crippen molar-refractivity contribution in [2.45, 2.75) is 20.4 Å². The van der Waals surface area contributed by atoms with Crippen LogP contribution in [0.3, 0.4) is 0 Å². The summed E-state index contributed by atoms with van der Waals surface area (Å²) in [4.78, 5) is 24.8. The molecule has 1 heterocycles. The van der Waals surface area contributed by atoms with Crippen LogP contribution in [0.15, 0.2) is 41.0 Å². The zero-order valence-electron chi connectivity index (χ0n) is 14.3. The van der Waals surface area contributed by atoms with E-state index < -0.39 is 0 Å². The van der Waals surface area contributed by atoms with Crippen LogP contribution >= 0.6 is 0 Å². The average Bonchev–Trinajstić information content (AvgIpc) is 3.03. The molecule has 6 nitrogen and oxygen atoms in total. The number of hydrogen-bond donors (Lipinski definition) is 3. The van der Waals surface area contributed by atoms with Crippen LogP contribution < -0.4 is 15.5 Å². The number of carbonyl (C=O) groups is 2. The maximum absolute atomic E-state index is 12.1. The largest absolute Gasteiger partial charge is 0.467 e. The number of amides is 2. The summed E-state index contributed by atoms with van der Waals surface area (Å²) in [6.07, 6.45) is 1.57. The van der Waals surface area contributed by atoms with Crippen molar-refractivity contribution in [3.63, 3.8) is 0 Å². The van der Waals surface area contributed by atoms with E-state index in [-0.39, 0.29) is 24.9 Å². The predicted molar refractivity (Wildman–Crippen MR) is 91.7 cm³/mol. The molecule has 0 saturated heterocycles. The van der Waals surface area contributed by atoms with Gasteiger partial charge in [0, 0.05) is 5.69 Å². The molecule has 0 radical (unpaired) electrons. The fourth-order valence-electron chi connectivity index (χ4n) is 2.35. The van der Waals surface area contributed by atoms with Crippen LogP contribution in [0.4, 0.5) is 5.69 Å². The molecule has 0 aliphatic rings. The minimum atomic E-state index is -0.122. The van der Waals surface area contributed by atoms with E-state index in [1.807, 2.05) is 39.1 Å². The first-order chi connectivity index (χ1) is 11.5. The number of likely N-dealkylation sites (N-methyl/N-ethyl adjacent to an activating group) is 1. The molecule has 2 aromatic rings. The van der Waals surface area contributed by atoms with Crippen LogP contribution in [0, 0.1) is 13.8 Å². The topological polar surface area (TPSA) is 75.8 Å². The van der Waals surface area contributed by atoms with E-state index in [1.165, 1.54) is 0 Å². The lowest BCUT2D eigenvalue weighted by atomic mass is 10.1. The quantitative estimate of drug-likeness (QED) is 0.698. The molecule has 3 N–H and O–H groups in total.